The van der Waals surface area contributed by atoms with Crippen LogP contribution in [0.2, 0.25) is 0 Å². The minimum atomic E-state index is -0.751. The summed E-state index contributed by atoms with van der Waals surface area (Å²) in [5.41, 5.74) is 2.49. The fourth-order valence-corrected chi connectivity index (χ4v) is 2.09. The van der Waals surface area contributed by atoms with E-state index in [-0.39, 0.29) is 12.2 Å². The van der Waals surface area contributed by atoms with Crippen molar-refractivity contribution in [2.75, 3.05) is 0 Å². The zero-order valence-electron chi connectivity index (χ0n) is 11.5. The van der Waals surface area contributed by atoms with Crippen molar-refractivity contribution in [3.05, 3.63) is 59.4 Å². The zero-order chi connectivity index (χ0) is 15.4. The van der Waals surface area contributed by atoms with Crippen LogP contribution in [-0.2, 0) is 17.6 Å². The lowest BCUT2D eigenvalue weighted by Crippen LogP contribution is -2.18. The molecule has 0 saturated carbocycles. The van der Waals surface area contributed by atoms with Gasteiger partial charge in [-0.2, -0.15) is 5.21 Å². The number of carbonyl (C=O) groups is 2. The molecule has 3 rings (SSSR count). The Balaban J connectivity index is 1.72. The topological polar surface area (TPSA) is 117 Å². The normalized spacial score (nSPS) is 10.5. The Bertz CT molecular complexity index is 779. The Morgan fingerprint density at radius 3 is 2.82 bits per heavy atom. The molecule has 0 amide bonds. The lowest BCUT2D eigenvalue weighted by molar-refractivity contribution is -0.114. The number of hydrogen-bond donors (Lipinski definition) is 2. The molecule has 0 spiro atoms. The Morgan fingerprint density at radius 1 is 1.18 bits per heavy atom. The van der Waals surface area contributed by atoms with E-state index in [9.17, 15) is 9.59 Å². The van der Waals surface area contributed by atoms with Crippen molar-refractivity contribution >= 4 is 11.6 Å². The van der Waals surface area contributed by atoms with E-state index >= 15 is 0 Å². The number of aromatic nitrogens is 6. The van der Waals surface area contributed by atoms with Crippen LogP contribution in [0.3, 0.4) is 0 Å². The van der Waals surface area contributed by atoms with Gasteiger partial charge in [-0.3, -0.25) is 14.6 Å². The first-order chi connectivity index (χ1) is 10.7. The maximum Gasteiger partial charge on any atom is 0.269 e. The third kappa shape index (κ3) is 2.95. The molecule has 0 radical (unpaired) electrons. The molecule has 0 aliphatic carbocycles. The van der Waals surface area contributed by atoms with Crippen LogP contribution in [0.4, 0.5) is 0 Å². The lowest BCUT2D eigenvalue weighted by Gasteiger charge is -2.03. The highest BCUT2D eigenvalue weighted by atomic mass is 16.2. The van der Waals surface area contributed by atoms with Gasteiger partial charge in [-0.15, -0.1) is 10.2 Å². The van der Waals surface area contributed by atoms with Crippen molar-refractivity contribution in [3.63, 3.8) is 0 Å². The van der Waals surface area contributed by atoms with Gasteiger partial charge < -0.3 is 4.98 Å². The van der Waals surface area contributed by atoms with Crippen LogP contribution in [0.1, 0.15) is 27.6 Å². The van der Waals surface area contributed by atoms with Crippen LogP contribution in [-0.4, -0.2) is 42.2 Å². The molecule has 0 aliphatic heterocycles. The standard InChI is InChI=1S/C14H12N6O2/c21-12(13(22)14-17-19-20-18-14)7-9-4-6-16-11(9)8-10-3-1-2-5-15-10/h1-6,16H,7-8H2,(H,17,18,19,20). The second-order valence-corrected chi connectivity index (χ2v) is 4.64. The van der Waals surface area contributed by atoms with E-state index in [1.807, 2.05) is 18.2 Å². The lowest BCUT2D eigenvalue weighted by atomic mass is 10.0. The smallest absolute Gasteiger partial charge is 0.269 e. The van der Waals surface area contributed by atoms with Gasteiger partial charge in [0.2, 0.25) is 11.6 Å². The maximum atomic E-state index is 12.0. The fourth-order valence-electron chi connectivity index (χ4n) is 2.09. The number of ketones is 2. The van der Waals surface area contributed by atoms with E-state index in [0.717, 1.165) is 17.0 Å². The molecule has 0 saturated heterocycles. The van der Waals surface area contributed by atoms with Gasteiger partial charge in [0.1, 0.15) is 0 Å². The average Bonchev–Trinajstić information content (AvgIpc) is 3.20. The van der Waals surface area contributed by atoms with Gasteiger partial charge in [-0.25, -0.2) is 0 Å². The Kier molecular flexibility index (Phi) is 3.82. The second kappa shape index (κ2) is 6.08. The van der Waals surface area contributed by atoms with Gasteiger partial charge in [-0.1, -0.05) is 6.07 Å². The first kappa shape index (κ1) is 13.8. The molecule has 0 unspecified atom stereocenters. The minimum Gasteiger partial charge on any atom is -0.364 e. The largest absolute Gasteiger partial charge is 0.364 e. The zero-order valence-corrected chi connectivity index (χ0v) is 11.5. The molecule has 3 aromatic rings. The van der Waals surface area contributed by atoms with E-state index in [1.165, 1.54) is 0 Å². The number of tetrazole rings is 1. The molecule has 3 heterocycles. The van der Waals surface area contributed by atoms with Crippen LogP contribution in [0.15, 0.2) is 36.7 Å². The number of H-pyrrole nitrogens is 2. The molecule has 0 fully saturated rings. The van der Waals surface area contributed by atoms with Crippen LogP contribution < -0.4 is 0 Å². The molecule has 0 aliphatic rings. The summed E-state index contributed by atoms with van der Waals surface area (Å²) in [6.45, 7) is 0. The van der Waals surface area contributed by atoms with Crippen LogP contribution in [0, 0.1) is 0 Å². The molecule has 8 heteroatoms. The maximum absolute atomic E-state index is 12.0. The summed E-state index contributed by atoms with van der Waals surface area (Å²) in [6.07, 6.45) is 3.99. The SMILES string of the molecule is O=C(Cc1cc[nH]c1Cc1ccccn1)C(=O)c1nn[nH]n1. The van der Waals surface area contributed by atoms with Gasteiger partial charge in [0.25, 0.3) is 5.78 Å². The minimum absolute atomic E-state index is 0.0148. The number of carbonyl (C=O) groups excluding carboxylic acids is 2. The number of rotatable bonds is 6. The van der Waals surface area contributed by atoms with Gasteiger partial charge in [0, 0.05) is 36.6 Å². The van der Waals surface area contributed by atoms with E-state index in [1.54, 1.807) is 18.5 Å². The Labute approximate surface area is 125 Å². The highest BCUT2D eigenvalue weighted by molar-refractivity contribution is 6.43. The summed E-state index contributed by atoms with van der Waals surface area (Å²) in [5.74, 6) is -1.55. The van der Waals surface area contributed by atoms with Crippen molar-refractivity contribution in [3.8, 4) is 0 Å². The summed E-state index contributed by atoms with van der Waals surface area (Å²) in [5, 5.41) is 12.5. The number of nitrogens with one attached hydrogen (secondary N) is 2. The second-order valence-electron chi connectivity index (χ2n) is 4.64. The van der Waals surface area contributed by atoms with E-state index in [2.05, 4.69) is 30.6 Å². The van der Waals surface area contributed by atoms with E-state index < -0.39 is 11.6 Å². The molecular formula is C14H12N6O2. The molecule has 22 heavy (non-hydrogen) atoms. The van der Waals surface area contributed by atoms with Crippen LogP contribution in [0.25, 0.3) is 0 Å². The number of aromatic amines is 2. The van der Waals surface area contributed by atoms with Crippen molar-refractivity contribution in [1.82, 2.24) is 30.6 Å². The predicted octanol–water partition coefficient (Wildman–Crippen LogP) is 0.508. The summed E-state index contributed by atoms with van der Waals surface area (Å²) < 4.78 is 0. The third-order valence-electron chi connectivity index (χ3n) is 3.17. The average molecular weight is 296 g/mol. The summed E-state index contributed by atoms with van der Waals surface area (Å²) >= 11 is 0. The molecule has 0 atom stereocenters. The quantitative estimate of drug-likeness (QED) is 0.505. The van der Waals surface area contributed by atoms with E-state index in [4.69, 9.17) is 0 Å². The van der Waals surface area contributed by atoms with Crippen molar-refractivity contribution in [2.24, 2.45) is 0 Å². The van der Waals surface area contributed by atoms with Gasteiger partial charge in [-0.05, 0) is 29.0 Å². The predicted molar refractivity (Wildman–Crippen MR) is 75.1 cm³/mol. The molecular weight excluding hydrogens is 284 g/mol. The van der Waals surface area contributed by atoms with Gasteiger partial charge in [0.15, 0.2) is 0 Å². The number of hydrogen-bond acceptors (Lipinski definition) is 6. The number of Topliss-reactive ketones (excluding diaryl/α,β-unsaturated/α-hetero) is 2. The molecule has 0 aromatic carbocycles. The molecule has 110 valence electrons. The highest BCUT2D eigenvalue weighted by Crippen LogP contribution is 2.13. The van der Waals surface area contributed by atoms with Crippen molar-refractivity contribution in [1.29, 1.82) is 0 Å². The highest BCUT2D eigenvalue weighted by Gasteiger charge is 2.22. The third-order valence-corrected chi connectivity index (χ3v) is 3.17. The first-order valence-corrected chi connectivity index (χ1v) is 6.60. The van der Waals surface area contributed by atoms with E-state index in [0.29, 0.717) is 6.42 Å². The van der Waals surface area contributed by atoms with Gasteiger partial charge in [0.05, 0.1) is 0 Å². The van der Waals surface area contributed by atoms with Crippen LogP contribution >= 0.6 is 0 Å². The molecule has 2 N–H and O–H groups in total. The van der Waals surface area contributed by atoms with Crippen LogP contribution in [0.5, 0.6) is 0 Å². The van der Waals surface area contributed by atoms with Crippen molar-refractivity contribution < 1.29 is 9.59 Å². The Hall–Kier alpha value is -3.16. The van der Waals surface area contributed by atoms with Gasteiger partial charge >= 0.3 is 0 Å². The summed E-state index contributed by atoms with van der Waals surface area (Å²) in [6, 6.07) is 7.42. The first-order valence-electron chi connectivity index (χ1n) is 6.60. The summed E-state index contributed by atoms with van der Waals surface area (Å²) in [7, 11) is 0. The number of nitrogens with zero attached hydrogens (tertiary/aromatic N) is 4. The number of pyridine rings is 1. The monoisotopic (exact) mass is 296 g/mol. The fraction of sp³-hybridized carbons (Fsp3) is 0.143. The molecule has 3 aromatic heterocycles. The van der Waals surface area contributed by atoms with Crippen molar-refractivity contribution in [2.45, 2.75) is 12.8 Å². The molecule has 8 nitrogen and oxygen atoms in total. The summed E-state index contributed by atoms with van der Waals surface area (Å²) in [4.78, 5) is 31.2. The molecule has 0 bridgehead atoms. The Morgan fingerprint density at radius 2 is 2.09 bits per heavy atom.